The number of nitrogens with one attached hydrogen (secondary N) is 2. The van der Waals surface area contributed by atoms with Crippen molar-refractivity contribution in [3.8, 4) is 0 Å². The van der Waals surface area contributed by atoms with E-state index in [0.717, 1.165) is 32.1 Å². The molecule has 2 atom stereocenters. The van der Waals surface area contributed by atoms with Gasteiger partial charge in [-0.3, -0.25) is 14.4 Å². The number of hydroxylamine groups is 3. The van der Waals surface area contributed by atoms with Crippen molar-refractivity contribution in [3.05, 3.63) is 0 Å². The maximum Gasteiger partial charge on any atom is 0.421 e. The lowest BCUT2D eigenvalue weighted by Gasteiger charge is -2.28. The zero-order valence-electron chi connectivity index (χ0n) is 25.4. The second-order valence-corrected chi connectivity index (χ2v) is 13.1. The summed E-state index contributed by atoms with van der Waals surface area (Å²) in [7, 11) is -4.71. The summed E-state index contributed by atoms with van der Waals surface area (Å²) in [4.78, 5) is 55.9. The topological polar surface area (TPSA) is 179 Å². The third-order valence-electron chi connectivity index (χ3n) is 6.44. The van der Waals surface area contributed by atoms with Crippen LogP contribution in [0.15, 0.2) is 0 Å². The summed E-state index contributed by atoms with van der Waals surface area (Å²) in [6, 6.07) is -2.36. The number of rotatable bonds is 17. The highest BCUT2D eigenvalue weighted by Crippen LogP contribution is 2.31. The number of hydrogen-bond acceptors (Lipinski definition) is 11. The largest absolute Gasteiger partial charge is 0.465 e. The number of piperidine rings is 1. The molecular weight excluding hydrogens is 576 g/mol. The molecule has 2 heterocycles. The highest BCUT2D eigenvalue weighted by atomic mass is 32.3. The van der Waals surface area contributed by atoms with Gasteiger partial charge < -0.3 is 19.7 Å². The molecule has 2 aliphatic rings. The second kappa shape index (κ2) is 15.7. The van der Waals surface area contributed by atoms with Crippen molar-refractivity contribution < 1.29 is 50.4 Å². The number of ether oxygens (including phenoxy) is 2. The number of nitrogens with zero attached hydrogens (tertiary/aromatic N) is 2. The van der Waals surface area contributed by atoms with E-state index in [9.17, 15) is 27.6 Å². The summed E-state index contributed by atoms with van der Waals surface area (Å²) in [5, 5.41) is 3.15. The zero-order chi connectivity index (χ0) is 31.6. The van der Waals surface area contributed by atoms with Crippen LogP contribution in [-0.2, 0) is 42.8 Å². The lowest BCUT2D eigenvalue weighted by Crippen LogP contribution is -2.50. The van der Waals surface area contributed by atoms with Crippen LogP contribution in [0.4, 0.5) is 9.59 Å². The predicted molar refractivity (Wildman–Crippen MR) is 149 cm³/mol. The van der Waals surface area contributed by atoms with Crippen LogP contribution in [0.5, 0.6) is 0 Å². The predicted octanol–water partition coefficient (Wildman–Crippen LogP) is 2.56. The molecule has 242 valence electrons. The first-order chi connectivity index (χ1) is 19.6. The highest BCUT2D eigenvalue weighted by molar-refractivity contribution is 7.81. The number of amides is 4. The molecule has 2 N–H and O–H groups in total. The minimum Gasteiger partial charge on any atom is -0.465 e. The molecule has 2 fully saturated rings. The third kappa shape index (κ3) is 11.5. The summed E-state index contributed by atoms with van der Waals surface area (Å²) in [6.45, 7) is 10.0. The van der Waals surface area contributed by atoms with Crippen LogP contribution in [0, 0.1) is 5.41 Å². The molecule has 0 spiro atoms. The lowest BCUT2D eigenvalue weighted by molar-refractivity contribution is -0.156. The molecule has 2 rings (SSSR count). The Labute approximate surface area is 248 Å². The van der Waals surface area contributed by atoms with E-state index in [-0.39, 0.29) is 39.1 Å². The summed E-state index contributed by atoms with van der Waals surface area (Å²) in [5.41, 5.74) is 0.314. The minimum atomic E-state index is -4.71. The zero-order valence-corrected chi connectivity index (χ0v) is 26.2. The van der Waals surface area contributed by atoms with E-state index in [1.807, 2.05) is 0 Å². The number of esters is 1. The maximum absolute atomic E-state index is 12.9. The van der Waals surface area contributed by atoms with E-state index in [4.69, 9.17) is 22.8 Å². The fraction of sp³-hybridized carbons (Fsp3) is 0.846. The Kier molecular flexibility index (Phi) is 13.3. The highest BCUT2D eigenvalue weighted by Gasteiger charge is 2.50. The van der Waals surface area contributed by atoms with Crippen LogP contribution in [0.25, 0.3) is 0 Å². The number of carbonyl (C=O) groups excluding carboxylic acids is 4. The number of carbonyl (C=O) groups is 4. The molecule has 4 amide bonds. The molecule has 15 nitrogen and oxygen atoms in total. The van der Waals surface area contributed by atoms with Crippen molar-refractivity contribution >= 4 is 34.4 Å². The maximum atomic E-state index is 12.9. The Hall–Kier alpha value is -2.69. The summed E-state index contributed by atoms with van der Waals surface area (Å²) in [5.74, 6) is -1.21. The Balaban J connectivity index is 1.78. The second-order valence-electron chi connectivity index (χ2n) is 11.9. The average molecular weight is 623 g/mol. The third-order valence-corrected chi connectivity index (χ3v) is 7.19. The Morgan fingerprint density at radius 2 is 1.69 bits per heavy atom. The smallest absolute Gasteiger partial charge is 0.421 e. The first kappa shape index (κ1) is 35.5. The van der Waals surface area contributed by atoms with Gasteiger partial charge in [0.2, 0.25) is 0 Å². The first-order valence-corrected chi connectivity index (χ1v) is 15.6. The molecule has 0 radical (unpaired) electrons. The fourth-order valence-electron chi connectivity index (χ4n) is 4.18. The van der Waals surface area contributed by atoms with E-state index in [1.54, 1.807) is 20.8 Å². The van der Waals surface area contributed by atoms with Crippen molar-refractivity contribution in [1.29, 1.82) is 0 Å². The molecular formula is C26H46N4O11S. The van der Waals surface area contributed by atoms with Crippen molar-refractivity contribution in [2.24, 2.45) is 5.41 Å². The van der Waals surface area contributed by atoms with Crippen molar-refractivity contribution in [1.82, 2.24) is 20.8 Å². The van der Waals surface area contributed by atoms with E-state index in [0.29, 0.717) is 5.06 Å². The van der Waals surface area contributed by atoms with Gasteiger partial charge in [-0.05, 0) is 53.9 Å². The van der Waals surface area contributed by atoms with Gasteiger partial charge in [0.25, 0.3) is 5.91 Å². The van der Waals surface area contributed by atoms with Gasteiger partial charge in [-0.25, -0.2) is 19.3 Å². The van der Waals surface area contributed by atoms with E-state index >= 15 is 0 Å². The lowest BCUT2D eigenvalue weighted by atomic mass is 9.95. The molecule has 2 saturated heterocycles. The number of fused-ring (bicyclic) bond motifs is 2. The van der Waals surface area contributed by atoms with Gasteiger partial charge in [0, 0.05) is 13.1 Å². The van der Waals surface area contributed by atoms with Gasteiger partial charge in [0.15, 0.2) is 0 Å². The molecule has 2 unspecified atom stereocenters. The van der Waals surface area contributed by atoms with Gasteiger partial charge in [-0.15, -0.1) is 4.28 Å². The van der Waals surface area contributed by atoms with E-state index in [2.05, 4.69) is 17.7 Å². The number of urea groups is 1. The van der Waals surface area contributed by atoms with Crippen molar-refractivity contribution in [2.75, 3.05) is 32.9 Å². The summed E-state index contributed by atoms with van der Waals surface area (Å²) < 4.78 is 45.3. The molecule has 0 aromatic rings. The van der Waals surface area contributed by atoms with Crippen molar-refractivity contribution in [3.63, 3.8) is 0 Å². The van der Waals surface area contributed by atoms with Gasteiger partial charge in [0.05, 0.1) is 31.3 Å². The average Bonchev–Trinajstić information content (AvgIpc) is 3.12. The normalized spacial score (nSPS) is 19.0. The number of alkyl carbamates (subject to hydrolysis) is 1. The molecule has 0 aromatic heterocycles. The SMILES string of the molecule is CCCCCCCOC(=O)C(C)(C)COS(=O)(=O)ON1C(=O)N2CC1CCC2C(=O)NOCCNC(=O)OC(C)(C)C. The molecule has 0 aromatic carbocycles. The molecule has 16 heteroatoms. The van der Waals surface area contributed by atoms with E-state index in [1.165, 1.54) is 18.7 Å². The molecule has 0 saturated carbocycles. The van der Waals surface area contributed by atoms with Gasteiger partial charge >= 0.3 is 28.5 Å². The molecule has 2 bridgehead atoms. The van der Waals surface area contributed by atoms with Crippen LogP contribution >= 0.6 is 0 Å². The molecule has 2 aliphatic heterocycles. The minimum absolute atomic E-state index is 0.0536. The monoisotopic (exact) mass is 622 g/mol. The van der Waals surface area contributed by atoms with E-state index < -0.39 is 64.1 Å². The fourth-order valence-corrected chi connectivity index (χ4v) is 5.04. The summed E-state index contributed by atoms with van der Waals surface area (Å²) >= 11 is 0. The Morgan fingerprint density at radius 1 is 1.00 bits per heavy atom. The standard InChI is InChI=1S/C26H46N4O11S/c1-7-8-9-10-11-15-37-22(32)26(5,6)18-39-42(35,36)41-30-19-12-13-20(29(17-19)24(30)34)21(31)28-38-16-14-27-23(33)40-25(2,3)4/h19-20H,7-18H2,1-6H3,(H,27,33)(H,28,31). The Bertz CT molecular complexity index is 1050. The van der Waals surface area contributed by atoms with Crippen LogP contribution in [0.2, 0.25) is 0 Å². The Morgan fingerprint density at radius 3 is 2.36 bits per heavy atom. The number of hydrogen-bond donors (Lipinski definition) is 2. The molecule has 42 heavy (non-hydrogen) atoms. The van der Waals surface area contributed by atoms with Crippen LogP contribution < -0.4 is 10.8 Å². The van der Waals surface area contributed by atoms with Crippen LogP contribution in [0.1, 0.15) is 86.5 Å². The van der Waals surface area contributed by atoms with Crippen LogP contribution in [-0.4, -0.2) is 93.0 Å². The van der Waals surface area contributed by atoms with Gasteiger partial charge in [0.1, 0.15) is 11.6 Å². The van der Waals surface area contributed by atoms with Gasteiger partial charge in [-0.1, -0.05) is 32.6 Å². The summed E-state index contributed by atoms with van der Waals surface area (Å²) in [6.07, 6.45) is 4.81. The quantitative estimate of drug-likeness (QED) is 0.138. The van der Waals surface area contributed by atoms with Crippen molar-refractivity contribution in [2.45, 2.75) is 104 Å². The van der Waals surface area contributed by atoms with Crippen LogP contribution in [0.3, 0.4) is 0 Å². The molecule has 0 aliphatic carbocycles. The first-order valence-electron chi connectivity index (χ1n) is 14.3. The van der Waals surface area contributed by atoms with Gasteiger partial charge in [-0.2, -0.15) is 13.5 Å². The number of unbranched alkanes of at least 4 members (excludes halogenated alkanes) is 4.